The molecule has 1 aromatic carbocycles. The molecule has 0 atom stereocenters. The third-order valence-corrected chi connectivity index (χ3v) is 2.39. The summed E-state index contributed by atoms with van der Waals surface area (Å²) < 4.78 is 17.9. The number of aromatic nitrogens is 2. The van der Waals surface area contributed by atoms with Crippen molar-refractivity contribution < 1.29 is 18.7 Å². The minimum atomic E-state index is -1.08. The molecule has 1 N–H and O–H groups in total. The van der Waals surface area contributed by atoms with Crippen LogP contribution in [0.2, 0.25) is 0 Å². The second-order valence-corrected chi connectivity index (χ2v) is 3.83. The maximum Gasteiger partial charge on any atom is 0.328 e. The van der Waals surface area contributed by atoms with Crippen LogP contribution in [0.4, 0.5) is 4.39 Å². The van der Waals surface area contributed by atoms with Crippen molar-refractivity contribution in [2.75, 3.05) is 0 Å². The van der Waals surface area contributed by atoms with E-state index in [9.17, 15) is 9.18 Å². The molecule has 19 heavy (non-hydrogen) atoms. The summed E-state index contributed by atoms with van der Waals surface area (Å²) in [6.45, 7) is 0. The number of carboxylic acids is 1. The Bertz CT molecular complexity index is 590. The number of nitrogens with zero attached hydrogens (tertiary/aromatic N) is 2. The summed E-state index contributed by atoms with van der Waals surface area (Å²) in [5.74, 6) is -0.792. The largest absolute Gasteiger partial charge is 0.478 e. The summed E-state index contributed by atoms with van der Waals surface area (Å²) in [7, 11) is 0. The molecular weight excluding hydrogens is 251 g/mol. The Labute approximate surface area is 108 Å². The molecule has 0 fully saturated rings. The van der Waals surface area contributed by atoms with Crippen LogP contribution in [-0.4, -0.2) is 21.3 Å². The van der Waals surface area contributed by atoms with E-state index >= 15 is 0 Å². The van der Waals surface area contributed by atoms with Gasteiger partial charge in [0.25, 0.3) is 0 Å². The number of hydrogen-bond acceptors (Lipinski definition) is 4. The van der Waals surface area contributed by atoms with E-state index in [1.807, 2.05) is 0 Å². The zero-order valence-corrected chi connectivity index (χ0v) is 9.91. The average molecular weight is 262 g/mol. The van der Waals surface area contributed by atoms with E-state index in [1.165, 1.54) is 18.2 Å². The number of rotatable bonds is 5. The zero-order valence-electron chi connectivity index (χ0n) is 9.91. The van der Waals surface area contributed by atoms with Crippen LogP contribution in [0.3, 0.4) is 0 Å². The highest BCUT2D eigenvalue weighted by Crippen LogP contribution is 2.08. The number of aryl methyl sites for hydroxylation is 2. The van der Waals surface area contributed by atoms with Gasteiger partial charge in [-0.25, -0.2) is 9.18 Å². The molecule has 0 saturated carbocycles. The van der Waals surface area contributed by atoms with Gasteiger partial charge >= 0.3 is 5.97 Å². The first kappa shape index (κ1) is 12.9. The lowest BCUT2D eigenvalue weighted by Crippen LogP contribution is -1.91. The quantitative estimate of drug-likeness (QED) is 0.835. The van der Waals surface area contributed by atoms with Crippen LogP contribution in [0.15, 0.2) is 34.8 Å². The van der Waals surface area contributed by atoms with Gasteiger partial charge in [0.05, 0.1) is 0 Å². The number of halogens is 1. The molecule has 2 rings (SSSR count). The lowest BCUT2D eigenvalue weighted by atomic mass is 10.1. The molecular formula is C13H11FN2O3. The Morgan fingerprint density at radius 1 is 1.26 bits per heavy atom. The maximum atomic E-state index is 12.7. The first-order chi connectivity index (χ1) is 9.13. The zero-order chi connectivity index (χ0) is 13.7. The SMILES string of the molecule is O=C(O)/C=C/c1nnc(CCc2ccc(F)cc2)o1. The molecule has 0 bridgehead atoms. The summed E-state index contributed by atoms with van der Waals surface area (Å²) in [4.78, 5) is 10.3. The molecule has 0 radical (unpaired) electrons. The Morgan fingerprint density at radius 2 is 2.00 bits per heavy atom. The average Bonchev–Trinajstić information content (AvgIpc) is 2.84. The van der Waals surface area contributed by atoms with Gasteiger partial charge in [0.1, 0.15) is 5.82 Å². The molecule has 0 aliphatic heterocycles. The molecule has 5 nitrogen and oxygen atoms in total. The lowest BCUT2D eigenvalue weighted by molar-refractivity contribution is -0.131. The summed E-state index contributed by atoms with van der Waals surface area (Å²) in [5.41, 5.74) is 0.960. The van der Waals surface area contributed by atoms with E-state index in [2.05, 4.69) is 10.2 Å². The Balaban J connectivity index is 1.93. The van der Waals surface area contributed by atoms with Crippen LogP contribution in [-0.2, 0) is 17.6 Å². The molecule has 6 heteroatoms. The van der Waals surface area contributed by atoms with Crippen molar-refractivity contribution in [2.24, 2.45) is 0 Å². The number of aliphatic carboxylic acids is 1. The smallest absolute Gasteiger partial charge is 0.328 e. The van der Waals surface area contributed by atoms with Crippen LogP contribution < -0.4 is 0 Å². The third-order valence-electron chi connectivity index (χ3n) is 2.39. The standard InChI is InChI=1S/C13H11FN2O3/c14-10-4-1-9(2-5-10)3-6-11-15-16-12(19-11)7-8-13(17)18/h1-2,4-5,7-8H,3,6H2,(H,17,18)/b8-7+. The van der Waals surface area contributed by atoms with Gasteiger partial charge in [0, 0.05) is 18.6 Å². The monoisotopic (exact) mass is 262 g/mol. The summed E-state index contributed by atoms with van der Waals surface area (Å²) in [6.07, 6.45) is 3.32. The van der Waals surface area contributed by atoms with Crippen LogP contribution in [0.25, 0.3) is 6.08 Å². The topological polar surface area (TPSA) is 76.2 Å². The van der Waals surface area contributed by atoms with Crippen LogP contribution in [0.1, 0.15) is 17.3 Å². The summed E-state index contributed by atoms with van der Waals surface area (Å²) in [6, 6.07) is 6.17. The van der Waals surface area contributed by atoms with Crippen LogP contribution in [0.5, 0.6) is 0 Å². The Morgan fingerprint density at radius 3 is 2.68 bits per heavy atom. The van der Waals surface area contributed by atoms with Gasteiger partial charge in [0.2, 0.25) is 11.8 Å². The van der Waals surface area contributed by atoms with E-state index in [0.717, 1.165) is 11.6 Å². The highest BCUT2D eigenvalue weighted by molar-refractivity contribution is 5.84. The molecule has 0 aliphatic carbocycles. The predicted molar refractivity (Wildman–Crippen MR) is 64.8 cm³/mol. The minimum Gasteiger partial charge on any atom is -0.478 e. The molecule has 2 aromatic rings. The van der Waals surface area contributed by atoms with Crippen molar-refractivity contribution in [1.29, 1.82) is 0 Å². The number of carbonyl (C=O) groups is 1. The minimum absolute atomic E-state index is 0.150. The van der Waals surface area contributed by atoms with Crippen molar-refractivity contribution in [3.63, 3.8) is 0 Å². The van der Waals surface area contributed by atoms with E-state index in [4.69, 9.17) is 9.52 Å². The molecule has 1 aromatic heterocycles. The van der Waals surface area contributed by atoms with Crippen molar-refractivity contribution >= 4 is 12.0 Å². The van der Waals surface area contributed by atoms with Gasteiger partial charge in [-0.3, -0.25) is 0 Å². The highest BCUT2D eigenvalue weighted by Gasteiger charge is 2.04. The van der Waals surface area contributed by atoms with Gasteiger partial charge in [-0.1, -0.05) is 12.1 Å². The fourth-order valence-corrected chi connectivity index (χ4v) is 1.48. The first-order valence-corrected chi connectivity index (χ1v) is 5.61. The molecule has 1 heterocycles. The summed E-state index contributed by atoms with van der Waals surface area (Å²) in [5, 5.41) is 15.9. The Hall–Kier alpha value is -2.50. The van der Waals surface area contributed by atoms with Crippen molar-refractivity contribution in [3.05, 3.63) is 53.5 Å². The van der Waals surface area contributed by atoms with Gasteiger partial charge in [-0.2, -0.15) is 0 Å². The predicted octanol–water partition coefficient (Wildman–Crippen LogP) is 2.09. The van der Waals surface area contributed by atoms with Gasteiger partial charge in [-0.05, 0) is 24.1 Å². The second-order valence-electron chi connectivity index (χ2n) is 3.83. The van der Waals surface area contributed by atoms with E-state index < -0.39 is 5.97 Å². The molecule has 0 amide bonds. The third kappa shape index (κ3) is 4.02. The second kappa shape index (κ2) is 5.90. The number of hydrogen-bond donors (Lipinski definition) is 1. The van der Waals surface area contributed by atoms with Crippen LogP contribution >= 0.6 is 0 Å². The Kier molecular flexibility index (Phi) is 4.02. The van der Waals surface area contributed by atoms with Crippen LogP contribution in [0, 0.1) is 5.82 Å². The van der Waals surface area contributed by atoms with E-state index in [0.29, 0.717) is 18.7 Å². The van der Waals surface area contributed by atoms with Crippen molar-refractivity contribution in [1.82, 2.24) is 10.2 Å². The molecule has 98 valence electrons. The summed E-state index contributed by atoms with van der Waals surface area (Å²) >= 11 is 0. The van der Waals surface area contributed by atoms with E-state index in [1.54, 1.807) is 12.1 Å². The van der Waals surface area contributed by atoms with Crippen molar-refractivity contribution in [2.45, 2.75) is 12.8 Å². The molecule has 0 spiro atoms. The van der Waals surface area contributed by atoms with Crippen molar-refractivity contribution in [3.8, 4) is 0 Å². The lowest BCUT2D eigenvalue weighted by Gasteiger charge is -1.97. The molecule has 0 saturated heterocycles. The molecule has 0 aliphatic rings. The number of benzene rings is 1. The van der Waals surface area contributed by atoms with Gasteiger partial charge in [-0.15, -0.1) is 10.2 Å². The normalized spacial score (nSPS) is 11.0. The number of carboxylic acid groups (broad SMARTS) is 1. The maximum absolute atomic E-state index is 12.7. The molecule has 0 unspecified atom stereocenters. The first-order valence-electron chi connectivity index (χ1n) is 5.61. The van der Waals surface area contributed by atoms with E-state index in [-0.39, 0.29) is 11.7 Å². The fourth-order valence-electron chi connectivity index (χ4n) is 1.48. The highest BCUT2D eigenvalue weighted by atomic mass is 19.1. The fraction of sp³-hybridized carbons (Fsp3) is 0.154. The van der Waals surface area contributed by atoms with Gasteiger partial charge in [0.15, 0.2) is 0 Å². The van der Waals surface area contributed by atoms with Gasteiger partial charge < -0.3 is 9.52 Å².